The number of amides is 1. The average Bonchev–Trinajstić information content (AvgIpc) is 1.69. The van der Waals surface area contributed by atoms with Gasteiger partial charge in [0.2, 0.25) is 5.91 Å². The summed E-state index contributed by atoms with van der Waals surface area (Å²) in [5.41, 5.74) is 0. The second-order valence-electron chi connectivity index (χ2n) is 22.5. The molecule has 3 fully saturated rings. The van der Waals surface area contributed by atoms with Crippen LogP contribution >= 0.6 is 0 Å². The maximum absolute atomic E-state index is 13.4. The van der Waals surface area contributed by atoms with Gasteiger partial charge in [-0.25, -0.2) is 0 Å². The Morgan fingerprint density at radius 1 is 0.425 bits per heavy atom. The van der Waals surface area contributed by atoms with Crippen molar-refractivity contribution in [2.75, 3.05) is 26.4 Å². The van der Waals surface area contributed by atoms with Crippen LogP contribution in [0.4, 0.5) is 0 Å². The Hall–Kier alpha value is -3.81. The zero-order valence-electron chi connectivity index (χ0n) is 51.9. The molecule has 17 unspecified atom stereocenters. The van der Waals surface area contributed by atoms with Crippen molar-refractivity contribution in [2.45, 2.75) is 272 Å². The first-order valence-corrected chi connectivity index (χ1v) is 32.3. The lowest BCUT2D eigenvalue weighted by molar-refractivity contribution is -0.379. The fourth-order valence-electron chi connectivity index (χ4n) is 9.96. The number of aliphatic hydroxyl groups is 11. The van der Waals surface area contributed by atoms with Gasteiger partial charge in [-0.2, -0.15) is 0 Å². The Morgan fingerprint density at radius 3 is 1.29 bits per heavy atom. The van der Waals surface area contributed by atoms with Gasteiger partial charge in [-0.1, -0.05) is 180 Å². The van der Waals surface area contributed by atoms with E-state index in [2.05, 4.69) is 129 Å². The Morgan fingerprint density at radius 2 is 0.805 bits per heavy atom. The molecule has 0 aliphatic carbocycles. The van der Waals surface area contributed by atoms with Gasteiger partial charge in [0, 0.05) is 6.42 Å². The number of hydrogen-bond acceptors (Lipinski definition) is 18. The maximum atomic E-state index is 13.4. The van der Waals surface area contributed by atoms with Crippen LogP contribution in [0.5, 0.6) is 0 Å². The summed E-state index contributed by atoms with van der Waals surface area (Å²) >= 11 is 0. The minimum absolute atomic E-state index is 0.210. The third kappa shape index (κ3) is 31.7. The van der Waals surface area contributed by atoms with Gasteiger partial charge in [-0.15, -0.1) is 0 Å². The Kier molecular flexibility index (Phi) is 43.6. The summed E-state index contributed by atoms with van der Waals surface area (Å²) in [6, 6.07) is -1.01. The van der Waals surface area contributed by atoms with Crippen LogP contribution in [-0.2, 0) is 33.2 Å². The van der Waals surface area contributed by atoms with Crippen LogP contribution in [0.1, 0.15) is 168 Å². The van der Waals surface area contributed by atoms with E-state index in [9.17, 15) is 61.0 Å². The molecule has 0 radical (unpaired) electrons. The van der Waals surface area contributed by atoms with Crippen molar-refractivity contribution in [3.63, 3.8) is 0 Å². The van der Waals surface area contributed by atoms with Crippen molar-refractivity contribution in [2.24, 2.45) is 0 Å². The quantitative estimate of drug-likeness (QED) is 0.0211. The van der Waals surface area contributed by atoms with Crippen molar-refractivity contribution >= 4 is 5.91 Å². The van der Waals surface area contributed by atoms with E-state index in [0.717, 1.165) is 116 Å². The van der Waals surface area contributed by atoms with Crippen molar-refractivity contribution < 1.29 is 89.4 Å². The summed E-state index contributed by atoms with van der Waals surface area (Å²) < 4.78 is 34.2. The second-order valence-corrected chi connectivity index (χ2v) is 22.5. The van der Waals surface area contributed by atoms with E-state index in [1.807, 2.05) is 6.08 Å². The van der Waals surface area contributed by atoms with Gasteiger partial charge < -0.3 is 89.9 Å². The van der Waals surface area contributed by atoms with Crippen molar-refractivity contribution in [1.82, 2.24) is 5.32 Å². The van der Waals surface area contributed by atoms with Gasteiger partial charge in [0.1, 0.15) is 73.2 Å². The summed E-state index contributed by atoms with van der Waals surface area (Å²) in [7, 11) is 0. The molecule has 3 rings (SSSR count). The smallest absolute Gasteiger partial charge is 0.220 e. The molecule has 0 saturated carbocycles. The minimum atomic E-state index is -1.99. The number of unbranched alkanes of at least 4 members (excludes halogenated alkanes) is 12. The van der Waals surface area contributed by atoms with Gasteiger partial charge >= 0.3 is 0 Å². The lowest BCUT2D eigenvalue weighted by Gasteiger charge is -2.48. The maximum Gasteiger partial charge on any atom is 0.220 e. The molecule has 0 aromatic heterocycles. The van der Waals surface area contributed by atoms with Crippen molar-refractivity contribution in [3.05, 3.63) is 122 Å². The van der Waals surface area contributed by atoms with E-state index in [4.69, 9.17) is 28.4 Å². The molecule has 0 aromatic carbocycles. The molecule has 0 spiro atoms. The topological polar surface area (TPSA) is 307 Å². The van der Waals surface area contributed by atoms with Crippen LogP contribution in [0.2, 0.25) is 0 Å². The SMILES string of the molecule is CC/C=C\C/C=C\C/C=C\C/C=C\C/C=C\C/C=C\C/C=C\CCCCCCCCCC(=O)NC(COC1OC(CO)C(OC2OC(CO)C(OC3OC(CO)C(O)C(O)C3O)C(O)C2O)C(O)C1O)C(O)/C=C/CC/C=C/CC/C=C/CCCCC. The van der Waals surface area contributed by atoms with Crippen molar-refractivity contribution in [3.8, 4) is 0 Å². The second kappa shape index (κ2) is 49.0. The number of carbonyl (C=O) groups excluding carboxylic acids is 1. The molecule has 3 aliphatic heterocycles. The molecule has 3 heterocycles. The standard InChI is InChI=1S/C68H111NO18/c1-3-5-7-9-11-13-15-17-18-19-20-21-22-23-24-25-26-27-28-29-30-31-32-34-36-38-40-42-44-46-56(74)69-51(52(73)45-43-41-39-37-35-33-16-14-12-10-8-6-4-2)50-82-66-62(80)59(77)64(54(48-71)84-66)87-68-63(81)60(78)65(55(49-72)85-68)86-67-61(79)58(76)57(75)53(47-70)83-67/h5,7,11-14,17-18,20-21,23-24,26-27,29-30,35,37,43,45,51-55,57-68,70-73,75-81H,3-4,6,8-10,15-16,19,22,25,28,31-34,36,38-42,44,46-50H2,1-2H3,(H,69,74)/b7-5-,13-11-,14-12+,18-17-,21-20-,24-23-,27-26-,30-29-,37-35+,45-43+. The minimum Gasteiger partial charge on any atom is -0.394 e. The first-order chi connectivity index (χ1) is 42.3. The Bertz CT molecular complexity index is 2050. The lowest BCUT2D eigenvalue weighted by atomic mass is 9.96. The molecular formula is C68H111NO18. The predicted octanol–water partition coefficient (Wildman–Crippen LogP) is 7.26. The normalized spacial score (nSPS) is 29.4. The zero-order chi connectivity index (χ0) is 63.3. The Balaban J connectivity index is 1.44. The van der Waals surface area contributed by atoms with Crippen LogP contribution < -0.4 is 5.32 Å². The highest BCUT2D eigenvalue weighted by atomic mass is 16.8. The summed E-state index contributed by atoms with van der Waals surface area (Å²) in [6.07, 6.45) is 38.9. The molecule has 87 heavy (non-hydrogen) atoms. The fraction of sp³-hybridized carbons (Fsp3) is 0.691. The van der Waals surface area contributed by atoms with Crippen LogP contribution in [0.25, 0.3) is 0 Å². The Labute approximate surface area is 518 Å². The van der Waals surface area contributed by atoms with Crippen LogP contribution in [0, 0.1) is 0 Å². The highest BCUT2D eigenvalue weighted by Crippen LogP contribution is 2.33. The van der Waals surface area contributed by atoms with Gasteiger partial charge in [0.05, 0.1) is 38.6 Å². The monoisotopic (exact) mass is 1230 g/mol. The number of nitrogens with one attached hydrogen (secondary N) is 1. The third-order valence-corrected chi connectivity index (χ3v) is 15.2. The number of aliphatic hydroxyl groups excluding tert-OH is 11. The average molecular weight is 1230 g/mol. The first-order valence-electron chi connectivity index (χ1n) is 32.3. The fourth-order valence-corrected chi connectivity index (χ4v) is 9.96. The summed E-state index contributed by atoms with van der Waals surface area (Å²) in [5.74, 6) is -0.309. The van der Waals surface area contributed by atoms with Crippen LogP contribution in [0.15, 0.2) is 122 Å². The molecule has 0 bridgehead atoms. The summed E-state index contributed by atoms with van der Waals surface area (Å²) in [5, 5.41) is 120. The molecule has 496 valence electrons. The van der Waals surface area contributed by atoms with E-state index in [0.29, 0.717) is 12.8 Å². The molecule has 3 saturated heterocycles. The molecule has 1 amide bonds. The largest absolute Gasteiger partial charge is 0.394 e. The van der Waals surface area contributed by atoms with Gasteiger partial charge in [-0.3, -0.25) is 4.79 Å². The molecule has 0 aromatic rings. The molecule has 19 heteroatoms. The number of carbonyl (C=O) groups is 1. The molecule has 3 aliphatic rings. The highest BCUT2D eigenvalue weighted by Gasteiger charge is 2.53. The predicted molar refractivity (Wildman–Crippen MR) is 336 cm³/mol. The number of rotatable bonds is 46. The van der Waals surface area contributed by atoms with E-state index in [-0.39, 0.29) is 18.9 Å². The van der Waals surface area contributed by atoms with Crippen LogP contribution in [-0.4, -0.2) is 193 Å². The zero-order valence-corrected chi connectivity index (χ0v) is 51.9. The lowest BCUT2D eigenvalue weighted by Crippen LogP contribution is -2.66. The summed E-state index contributed by atoms with van der Waals surface area (Å²) in [4.78, 5) is 13.4. The number of allylic oxidation sites excluding steroid dienone is 19. The van der Waals surface area contributed by atoms with E-state index >= 15 is 0 Å². The molecule has 12 N–H and O–H groups in total. The van der Waals surface area contributed by atoms with Gasteiger partial charge in [0.15, 0.2) is 18.9 Å². The van der Waals surface area contributed by atoms with E-state index in [1.165, 1.54) is 19.3 Å². The van der Waals surface area contributed by atoms with Crippen molar-refractivity contribution in [1.29, 1.82) is 0 Å². The molecule has 19 nitrogen and oxygen atoms in total. The molecule has 17 atom stereocenters. The molecular weight excluding hydrogens is 1120 g/mol. The summed E-state index contributed by atoms with van der Waals surface area (Å²) in [6.45, 7) is 1.50. The van der Waals surface area contributed by atoms with E-state index < -0.39 is 124 Å². The van der Waals surface area contributed by atoms with Gasteiger partial charge in [-0.05, 0) is 103 Å². The van der Waals surface area contributed by atoms with E-state index in [1.54, 1.807) is 6.08 Å². The first kappa shape index (κ1) is 77.4. The highest BCUT2D eigenvalue weighted by molar-refractivity contribution is 5.76. The number of hydrogen-bond donors (Lipinski definition) is 12. The van der Waals surface area contributed by atoms with Gasteiger partial charge in [0.25, 0.3) is 0 Å². The number of ether oxygens (including phenoxy) is 6. The third-order valence-electron chi connectivity index (χ3n) is 15.2. The van der Waals surface area contributed by atoms with Crippen LogP contribution in [0.3, 0.4) is 0 Å².